The van der Waals surface area contributed by atoms with Crippen molar-refractivity contribution in [1.29, 1.82) is 0 Å². The van der Waals surface area contributed by atoms with Crippen molar-refractivity contribution < 1.29 is 4.79 Å². The van der Waals surface area contributed by atoms with Crippen LogP contribution < -0.4 is 5.32 Å². The number of anilines is 1. The monoisotopic (exact) mass is 315 g/mol. The maximum Gasteiger partial charge on any atom is 0.237 e. The molecule has 0 saturated carbocycles. The van der Waals surface area contributed by atoms with Crippen molar-refractivity contribution in [3.8, 4) is 0 Å². The summed E-state index contributed by atoms with van der Waals surface area (Å²) >= 11 is 1.48. The summed E-state index contributed by atoms with van der Waals surface area (Å²) in [5, 5.41) is 3.72. The Bertz CT molecular complexity index is 652. The molecule has 4 nitrogen and oxygen atoms in total. The number of benzene rings is 1. The maximum atomic E-state index is 12.6. The molecule has 1 aromatic carbocycles. The lowest BCUT2D eigenvalue weighted by atomic mass is 10.1. The van der Waals surface area contributed by atoms with Gasteiger partial charge >= 0.3 is 0 Å². The second-order valence-electron chi connectivity index (χ2n) is 5.27. The van der Waals surface area contributed by atoms with Crippen LogP contribution in [-0.4, -0.2) is 21.1 Å². The van der Waals surface area contributed by atoms with Crippen molar-refractivity contribution in [3.05, 3.63) is 47.4 Å². The molecule has 0 fully saturated rings. The number of aryl methyl sites for hydroxylation is 3. The molecule has 0 aliphatic carbocycles. The SMILES string of the molecule is CCC(Sc1cc(C)ncn1)C(=O)Nc1c(C)cccc1C. The molecule has 1 amide bonds. The fraction of sp³-hybridized carbons (Fsp3) is 0.353. The number of nitrogens with one attached hydrogen (secondary N) is 1. The molecule has 0 saturated heterocycles. The van der Waals surface area contributed by atoms with Crippen LogP contribution in [0.3, 0.4) is 0 Å². The molecule has 0 spiro atoms. The molecule has 0 radical (unpaired) electrons. The first-order valence-electron chi connectivity index (χ1n) is 7.33. The van der Waals surface area contributed by atoms with Gasteiger partial charge in [0, 0.05) is 11.4 Å². The Morgan fingerprint density at radius 3 is 2.50 bits per heavy atom. The number of aromatic nitrogens is 2. The van der Waals surface area contributed by atoms with E-state index in [0.29, 0.717) is 0 Å². The summed E-state index contributed by atoms with van der Waals surface area (Å²) in [6.45, 7) is 7.94. The Kier molecular flexibility index (Phi) is 5.55. The maximum absolute atomic E-state index is 12.6. The molecule has 1 aromatic heterocycles. The second-order valence-corrected chi connectivity index (χ2v) is 6.49. The van der Waals surface area contributed by atoms with E-state index in [1.54, 1.807) is 0 Å². The molecule has 0 aliphatic heterocycles. The zero-order chi connectivity index (χ0) is 16.1. The third kappa shape index (κ3) is 4.07. The highest BCUT2D eigenvalue weighted by atomic mass is 32.2. The first-order chi connectivity index (χ1) is 10.5. The van der Waals surface area contributed by atoms with Gasteiger partial charge in [-0.1, -0.05) is 36.9 Å². The molecular formula is C17H21N3OS. The molecule has 1 heterocycles. The summed E-state index contributed by atoms with van der Waals surface area (Å²) in [4.78, 5) is 20.9. The number of thioether (sulfide) groups is 1. The van der Waals surface area contributed by atoms with Crippen molar-refractivity contribution in [2.24, 2.45) is 0 Å². The Balaban J connectivity index is 2.12. The van der Waals surface area contributed by atoms with Gasteiger partial charge in [-0.2, -0.15) is 0 Å². The van der Waals surface area contributed by atoms with Crippen LogP contribution in [0.1, 0.15) is 30.2 Å². The molecule has 1 N–H and O–H groups in total. The largest absolute Gasteiger partial charge is 0.325 e. The van der Waals surface area contributed by atoms with E-state index in [2.05, 4.69) is 15.3 Å². The first kappa shape index (κ1) is 16.5. The van der Waals surface area contributed by atoms with Crippen molar-refractivity contribution in [2.75, 3.05) is 5.32 Å². The van der Waals surface area contributed by atoms with Crippen LogP contribution in [-0.2, 0) is 4.79 Å². The van der Waals surface area contributed by atoms with Gasteiger partial charge in [0.15, 0.2) is 0 Å². The Hall–Kier alpha value is -1.88. The molecule has 0 bridgehead atoms. The minimum Gasteiger partial charge on any atom is -0.325 e. The molecular weight excluding hydrogens is 294 g/mol. The van der Waals surface area contributed by atoms with E-state index < -0.39 is 0 Å². The standard InChI is InChI=1S/C17H21N3OS/c1-5-14(22-15-9-13(4)18-10-19-15)17(21)20-16-11(2)7-6-8-12(16)3/h6-10,14H,5H2,1-4H3,(H,20,21). The van der Waals surface area contributed by atoms with Crippen molar-refractivity contribution >= 4 is 23.4 Å². The average Bonchev–Trinajstić information content (AvgIpc) is 2.48. The third-order valence-corrected chi connectivity index (χ3v) is 4.73. The zero-order valence-corrected chi connectivity index (χ0v) is 14.2. The third-order valence-electron chi connectivity index (χ3n) is 3.43. The van der Waals surface area contributed by atoms with E-state index >= 15 is 0 Å². The number of hydrogen-bond acceptors (Lipinski definition) is 4. The minimum atomic E-state index is -0.173. The van der Waals surface area contributed by atoms with Crippen LogP contribution in [0.5, 0.6) is 0 Å². The van der Waals surface area contributed by atoms with Crippen LogP contribution in [0.2, 0.25) is 0 Å². The number of hydrogen-bond donors (Lipinski definition) is 1. The quantitative estimate of drug-likeness (QED) is 0.671. The highest BCUT2D eigenvalue weighted by Gasteiger charge is 2.20. The van der Waals surface area contributed by atoms with Gasteiger partial charge in [0.1, 0.15) is 11.4 Å². The fourth-order valence-electron chi connectivity index (χ4n) is 2.18. The number of carbonyl (C=O) groups excluding carboxylic acids is 1. The van der Waals surface area contributed by atoms with Gasteiger partial charge < -0.3 is 5.32 Å². The van der Waals surface area contributed by atoms with Crippen LogP contribution >= 0.6 is 11.8 Å². The summed E-state index contributed by atoms with van der Waals surface area (Å²) in [5.41, 5.74) is 3.96. The van der Waals surface area contributed by atoms with Gasteiger partial charge in [0.2, 0.25) is 5.91 Å². The Labute approximate surface area is 135 Å². The fourth-order valence-corrected chi connectivity index (χ4v) is 3.15. The Morgan fingerprint density at radius 2 is 1.91 bits per heavy atom. The van der Waals surface area contributed by atoms with E-state index in [-0.39, 0.29) is 11.2 Å². The number of para-hydroxylation sites is 1. The minimum absolute atomic E-state index is 0.0150. The highest BCUT2D eigenvalue weighted by Crippen LogP contribution is 2.26. The lowest BCUT2D eigenvalue weighted by Gasteiger charge is -2.17. The number of rotatable bonds is 5. The predicted molar refractivity (Wildman–Crippen MR) is 91.3 cm³/mol. The van der Waals surface area contributed by atoms with Crippen LogP contribution in [0.15, 0.2) is 35.6 Å². The smallest absolute Gasteiger partial charge is 0.237 e. The number of amides is 1. The van der Waals surface area contributed by atoms with Gasteiger partial charge in [-0.3, -0.25) is 4.79 Å². The average molecular weight is 315 g/mol. The summed E-state index contributed by atoms with van der Waals surface area (Å²) in [6, 6.07) is 7.91. The molecule has 22 heavy (non-hydrogen) atoms. The summed E-state index contributed by atoms with van der Waals surface area (Å²) in [6.07, 6.45) is 2.28. The van der Waals surface area contributed by atoms with Crippen molar-refractivity contribution in [3.63, 3.8) is 0 Å². The van der Waals surface area contributed by atoms with Gasteiger partial charge in [-0.25, -0.2) is 9.97 Å². The van der Waals surface area contributed by atoms with E-state index in [1.165, 1.54) is 18.1 Å². The van der Waals surface area contributed by atoms with Crippen LogP contribution in [0.25, 0.3) is 0 Å². The van der Waals surface area contributed by atoms with Gasteiger partial charge in [-0.05, 0) is 44.4 Å². The topological polar surface area (TPSA) is 54.9 Å². The highest BCUT2D eigenvalue weighted by molar-refractivity contribution is 8.00. The zero-order valence-electron chi connectivity index (χ0n) is 13.4. The van der Waals surface area contributed by atoms with Crippen molar-refractivity contribution in [1.82, 2.24) is 9.97 Å². The lowest BCUT2D eigenvalue weighted by Crippen LogP contribution is -2.25. The second kappa shape index (κ2) is 7.40. The Morgan fingerprint density at radius 1 is 1.23 bits per heavy atom. The normalized spacial score (nSPS) is 12.0. The van der Waals surface area contributed by atoms with E-state index in [1.807, 2.05) is 52.0 Å². The molecule has 5 heteroatoms. The summed E-state index contributed by atoms with van der Waals surface area (Å²) in [5.74, 6) is 0.0150. The molecule has 0 aliphatic rings. The van der Waals surface area contributed by atoms with Crippen molar-refractivity contribution in [2.45, 2.75) is 44.4 Å². The van der Waals surface area contributed by atoms with Gasteiger partial charge in [0.05, 0.1) is 5.25 Å². The lowest BCUT2D eigenvalue weighted by molar-refractivity contribution is -0.115. The molecule has 1 atom stereocenters. The van der Waals surface area contributed by atoms with Gasteiger partial charge in [0.25, 0.3) is 0 Å². The molecule has 116 valence electrons. The summed E-state index contributed by atoms with van der Waals surface area (Å²) < 4.78 is 0. The van der Waals surface area contributed by atoms with E-state index in [4.69, 9.17) is 0 Å². The first-order valence-corrected chi connectivity index (χ1v) is 8.21. The molecule has 2 aromatic rings. The predicted octanol–water partition coefficient (Wildman–Crippen LogP) is 3.91. The van der Waals surface area contributed by atoms with E-state index in [0.717, 1.165) is 34.0 Å². The number of nitrogens with zero attached hydrogens (tertiary/aromatic N) is 2. The van der Waals surface area contributed by atoms with Crippen LogP contribution in [0.4, 0.5) is 5.69 Å². The molecule has 2 rings (SSSR count). The number of carbonyl (C=O) groups is 1. The van der Waals surface area contributed by atoms with Crippen LogP contribution in [0, 0.1) is 20.8 Å². The van der Waals surface area contributed by atoms with Gasteiger partial charge in [-0.15, -0.1) is 0 Å². The van der Waals surface area contributed by atoms with E-state index in [9.17, 15) is 4.79 Å². The molecule has 1 unspecified atom stereocenters. The summed E-state index contributed by atoms with van der Waals surface area (Å²) in [7, 11) is 0.